The highest BCUT2D eigenvalue weighted by Crippen LogP contribution is 2.34. The lowest BCUT2D eigenvalue weighted by Gasteiger charge is -2.25. The maximum absolute atomic E-state index is 13.4. The highest BCUT2D eigenvalue weighted by atomic mass is 19.1. The average Bonchev–Trinajstić information content (AvgIpc) is 3.14. The number of aromatic nitrogens is 2. The number of methoxy groups -OCH3 is 1. The Balaban J connectivity index is 1.92. The number of aryl methyl sites for hydroxylation is 1. The molecular formula is C26H32FN3O4. The van der Waals surface area contributed by atoms with Gasteiger partial charge in [-0.25, -0.2) is 9.07 Å². The van der Waals surface area contributed by atoms with Gasteiger partial charge in [0.2, 0.25) is 5.88 Å². The third-order valence-corrected chi connectivity index (χ3v) is 5.17. The molecule has 0 unspecified atom stereocenters. The second-order valence-electron chi connectivity index (χ2n) is 7.89. The van der Waals surface area contributed by atoms with E-state index in [4.69, 9.17) is 19.3 Å². The number of ether oxygens (including phenoxy) is 3. The molecule has 0 fully saturated rings. The number of aliphatic hydroxyl groups is 1. The van der Waals surface area contributed by atoms with Crippen LogP contribution in [0.3, 0.4) is 0 Å². The molecule has 0 amide bonds. The average molecular weight is 470 g/mol. The van der Waals surface area contributed by atoms with Gasteiger partial charge in [-0.3, -0.25) is 4.90 Å². The molecule has 0 spiro atoms. The van der Waals surface area contributed by atoms with Crippen LogP contribution >= 0.6 is 0 Å². The molecule has 0 saturated heterocycles. The minimum atomic E-state index is -0.685. The van der Waals surface area contributed by atoms with E-state index in [0.29, 0.717) is 44.5 Å². The van der Waals surface area contributed by atoms with E-state index in [1.54, 1.807) is 30.0 Å². The molecule has 2 aromatic carbocycles. The van der Waals surface area contributed by atoms with Crippen LogP contribution in [-0.2, 0) is 23.1 Å². The fourth-order valence-electron chi connectivity index (χ4n) is 3.58. The first-order chi connectivity index (χ1) is 16.5. The molecule has 0 aliphatic heterocycles. The van der Waals surface area contributed by atoms with Crippen molar-refractivity contribution in [2.24, 2.45) is 7.05 Å². The number of rotatable bonds is 14. The predicted molar refractivity (Wildman–Crippen MR) is 129 cm³/mol. The first-order valence-electron chi connectivity index (χ1n) is 11.1. The second-order valence-corrected chi connectivity index (χ2v) is 7.89. The van der Waals surface area contributed by atoms with Gasteiger partial charge in [-0.1, -0.05) is 36.4 Å². The fraction of sp³-hybridized carbons (Fsp3) is 0.346. The Labute approximate surface area is 200 Å². The Morgan fingerprint density at radius 1 is 1.18 bits per heavy atom. The van der Waals surface area contributed by atoms with Crippen LogP contribution in [0.15, 0.2) is 67.3 Å². The normalized spacial score (nSPS) is 12.1. The molecule has 0 aliphatic carbocycles. The first-order valence-corrected chi connectivity index (χ1v) is 11.1. The Morgan fingerprint density at radius 2 is 1.91 bits per heavy atom. The third kappa shape index (κ3) is 7.23. The van der Waals surface area contributed by atoms with Crippen LogP contribution in [0.2, 0.25) is 0 Å². The van der Waals surface area contributed by atoms with Crippen LogP contribution in [0.4, 0.5) is 4.39 Å². The van der Waals surface area contributed by atoms with Gasteiger partial charge in [0.1, 0.15) is 17.3 Å². The number of hydrogen-bond donors (Lipinski definition) is 1. The summed E-state index contributed by atoms with van der Waals surface area (Å²) in [7, 11) is 3.45. The molecule has 34 heavy (non-hydrogen) atoms. The van der Waals surface area contributed by atoms with E-state index in [1.807, 2.05) is 37.4 Å². The van der Waals surface area contributed by atoms with Gasteiger partial charge in [-0.2, -0.15) is 5.10 Å². The van der Waals surface area contributed by atoms with Gasteiger partial charge in [0, 0.05) is 39.4 Å². The van der Waals surface area contributed by atoms with Gasteiger partial charge < -0.3 is 19.3 Å². The quantitative estimate of drug-likeness (QED) is 0.284. The molecular weight excluding hydrogens is 437 g/mol. The first kappa shape index (κ1) is 25.6. The van der Waals surface area contributed by atoms with Crippen LogP contribution in [0.25, 0.3) is 11.3 Å². The van der Waals surface area contributed by atoms with Crippen molar-refractivity contribution in [1.29, 1.82) is 0 Å². The molecule has 7 nitrogen and oxygen atoms in total. The predicted octanol–water partition coefficient (Wildman–Crippen LogP) is 4.03. The Kier molecular flexibility index (Phi) is 9.78. The summed E-state index contributed by atoms with van der Waals surface area (Å²) in [5, 5.41) is 15.2. The van der Waals surface area contributed by atoms with Gasteiger partial charge in [-0.15, -0.1) is 6.58 Å². The van der Waals surface area contributed by atoms with Crippen LogP contribution in [-0.4, -0.2) is 65.9 Å². The minimum Gasteiger partial charge on any atom is -0.439 e. The summed E-state index contributed by atoms with van der Waals surface area (Å²) in [5.74, 6) is 0.720. The van der Waals surface area contributed by atoms with Gasteiger partial charge in [0.15, 0.2) is 0 Å². The fourth-order valence-corrected chi connectivity index (χ4v) is 3.58. The topological polar surface area (TPSA) is 69.0 Å². The summed E-state index contributed by atoms with van der Waals surface area (Å²) in [5.41, 5.74) is 2.58. The van der Waals surface area contributed by atoms with Crippen molar-refractivity contribution >= 4 is 0 Å². The second kappa shape index (κ2) is 13.0. The van der Waals surface area contributed by atoms with Crippen molar-refractivity contribution in [1.82, 2.24) is 14.7 Å². The molecule has 3 rings (SSSR count). The summed E-state index contributed by atoms with van der Waals surface area (Å²) in [4.78, 5) is 2.08. The van der Waals surface area contributed by atoms with Crippen LogP contribution in [0, 0.1) is 5.82 Å². The SMILES string of the molecule is C=CCOC[C@H](O)CN(CCOC)Cc1c(-c2ccccc2)nn(C)c1Oc1ccc(F)cc1. The van der Waals surface area contributed by atoms with E-state index in [-0.39, 0.29) is 12.4 Å². The maximum atomic E-state index is 13.4. The van der Waals surface area contributed by atoms with Crippen molar-refractivity contribution in [3.63, 3.8) is 0 Å². The van der Waals surface area contributed by atoms with Gasteiger partial charge >= 0.3 is 0 Å². The Hall–Kier alpha value is -3.04. The summed E-state index contributed by atoms with van der Waals surface area (Å²) in [6.07, 6.45) is 0.964. The molecule has 0 aliphatic rings. The van der Waals surface area contributed by atoms with Gasteiger partial charge in [0.25, 0.3) is 0 Å². The zero-order chi connectivity index (χ0) is 24.3. The van der Waals surface area contributed by atoms with E-state index in [9.17, 15) is 9.50 Å². The minimum absolute atomic E-state index is 0.201. The van der Waals surface area contributed by atoms with E-state index >= 15 is 0 Å². The van der Waals surface area contributed by atoms with Crippen molar-refractivity contribution in [2.75, 3.05) is 40.0 Å². The van der Waals surface area contributed by atoms with Crippen molar-refractivity contribution in [3.8, 4) is 22.9 Å². The molecule has 3 aromatic rings. The number of aliphatic hydroxyl groups excluding tert-OH is 1. The highest BCUT2D eigenvalue weighted by Gasteiger charge is 2.23. The summed E-state index contributed by atoms with van der Waals surface area (Å²) in [6.45, 7) is 6.13. The van der Waals surface area contributed by atoms with E-state index < -0.39 is 6.10 Å². The molecule has 0 saturated carbocycles. The van der Waals surface area contributed by atoms with Crippen molar-refractivity contribution in [3.05, 3.63) is 78.6 Å². The van der Waals surface area contributed by atoms with E-state index in [1.165, 1.54) is 12.1 Å². The monoisotopic (exact) mass is 469 g/mol. The van der Waals surface area contributed by atoms with Gasteiger partial charge in [0.05, 0.1) is 31.5 Å². The molecule has 0 bridgehead atoms. The van der Waals surface area contributed by atoms with Crippen molar-refractivity contribution in [2.45, 2.75) is 12.6 Å². The third-order valence-electron chi connectivity index (χ3n) is 5.17. The lowest BCUT2D eigenvalue weighted by molar-refractivity contribution is 0.0193. The smallest absolute Gasteiger partial charge is 0.222 e. The van der Waals surface area contributed by atoms with Crippen molar-refractivity contribution < 1.29 is 23.7 Å². The number of halogens is 1. The Bertz CT molecular complexity index is 1020. The molecule has 8 heteroatoms. The number of nitrogens with zero attached hydrogens (tertiary/aromatic N) is 3. The summed E-state index contributed by atoms with van der Waals surface area (Å²) in [6, 6.07) is 15.7. The standard InChI is InChI=1S/C26H32FN3O4/c1-4-15-33-19-22(31)17-30(14-16-32-3)18-24-25(20-8-6-5-7-9-20)28-29(2)26(24)34-23-12-10-21(27)11-13-23/h4-13,22,31H,1,14-19H2,2-3H3/t22-/m1/s1. The van der Waals surface area contributed by atoms with E-state index in [2.05, 4.69) is 11.5 Å². The highest BCUT2D eigenvalue weighted by molar-refractivity contribution is 5.65. The summed E-state index contributed by atoms with van der Waals surface area (Å²) < 4.78 is 31.9. The summed E-state index contributed by atoms with van der Waals surface area (Å²) >= 11 is 0. The molecule has 1 N–H and O–H groups in total. The number of hydrogen-bond acceptors (Lipinski definition) is 6. The van der Waals surface area contributed by atoms with E-state index in [0.717, 1.165) is 16.8 Å². The lowest BCUT2D eigenvalue weighted by atomic mass is 10.1. The van der Waals surface area contributed by atoms with Crippen LogP contribution in [0.1, 0.15) is 5.56 Å². The zero-order valence-electron chi connectivity index (χ0n) is 19.7. The van der Waals surface area contributed by atoms with Gasteiger partial charge in [-0.05, 0) is 24.3 Å². The molecule has 1 aromatic heterocycles. The number of benzene rings is 2. The largest absolute Gasteiger partial charge is 0.439 e. The van der Waals surface area contributed by atoms with Crippen LogP contribution in [0.5, 0.6) is 11.6 Å². The maximum Gasteiger partial charge on any atom is 0.222 e. The molecule has 0 radical (unpaired) electrons. The molecule has 182 valence electrons. The molecule has 1 atom stereocenters. The lowest BCUT2D eigenvalue weighted by Crippen LogP contribution is -2.36. The van der Waals surface area contributed by atoms with Crippen LogP contribution < -0.4 is 4.74 Å². The molecule has 1 heterocycles. The zero-order valence-corrected chi connectivity index (χ0v) is 19.7. The Morgan fingerprint density at radius 3 is 2.59 bits per heavy atom.